The van der Waals surface area contributed by atoms with Crippen molar-refractivity contribution in [2.75, 3.05) is 14.2 Å². The molecule has 1 aliphatic rings. The Bertz CT molecular complexity index is 1150. The molecule has 7 nitrogen and oxygen atoms in total. The van der Waals surface area contributed by atoms with Crippen LogP contribution >= 0.6 is 0 Å². The van der Waals surface area contributed by atoms with Gasteiger partial charge in [-0.25, -0.2) is 23.9 Å². The lowest BCUT2D eigenvalue weighted by molar-refractivity contribution is -0.180. The topological polar surface area (TPSA) is 78.2 Å². The maximum atomic E-state index is 13.2. The number of hydrogen-bond donors (Lipinski definition) is 1. The Morgan fingerprint density at radius 1 is 0.857 bits per heavy atom. The fourth-order valence-electron chi connectivity index (χ4n) is 3.81. The number of nitrogens with one attached hydrogen (secondary N) is 1. The van der Waals surface area contributed by atoms with E-state index in [1.807, 2.05) is 43.3 Å². The molecule has 0 spiro atoms. The van der Waals surface area contributed by atoms with E-state index in [0.717, 1.165) is 15.7 Å². The SMILES string of the molecule is COC1(OC)C=CC(C)(n2[nH]c(=O)n(-c3ccccc3)c2=O)c2ccccc21. The van der Waals surface area contributed by atoms with Crippen LogP contribution in [0.4, 0.5) is 0 Å². The maximum absolute atomic E-state index is 13.2. The standard InChI is InChI=1S/C21H21N3O4/c1-20(13-14-21(27-2,28-3)17-12-8-7-11-16(17)20)24-19(26)23(18(25)22-24)15-9-5-4-6-10-15/h4-14H,1-3H3,(H,22,25). The van der Waals surface area contributed by atoms with Crippen molar-refractivity contribution in [1.82, 2.24) is 14.3 Å². The van der Waals surface area contributed by atoms with Gasteiger partial charge in [-0.15, -0.1) is 0 Å². The highest BCUT2D eigenvalue weighted by Crippen LogP contribution is 2.42. The van der Waals surface area contributed by atoms with E-state index in [9.17, 15) is 9.59 Å². The molecule has 1 aliphatic carbocycles. The number of fused-ring (bicyclic) bond motifs is 1. The van der Waals surface area contributed by atoms with Gasteiger partial charge in [0.05, 0.1) is 5.69 Å². The first-order valence-corrected chi connectivity index (χ1v) is 8.87. The molecule has 0 amide bonds. The normalized spacial score (nSPS) is 20.1. The van der Waals surface area contributed by atoms with Gasteiger partial charge in [0.1, 0.15) is 5.54 Å². The highest BCUT2D eigenvalue weighted by atomic mass is 16.7. The van der Waals surface area contributed by atoms with Crippen LogP contribution in [0.1, 0.15) is 18.1 Å². The first-order valence-electron chi connectivity index (χ1n) is 8.87. The van der Waals surface area contributed by atoms with Gasteiger partial charge in [-0.05, 0) is 30.7 Å². The molecule has 1 heterocycles. The van der Waals surface area contributed by atoms with E-state index in [1.165, 1.54) is 4.68 Å². The minimum Gasteiger partial charge on any atom is -0.346 e. The number of hydrogen-bond acceptors (Lipinski definition) is 4. The number of aromatic nitrogens is 3. The second-order valence-electron chi connectivity index (χ2n) is 6.81. The number of rotatable bonds is 4. The molecule has 4 rings (SSSR count). The van der Waals surface area contributed by atoms with Gasteiger partial charge in [0, 0.05) is 19.8 Å². The summed E-state index contributed by atoms with van der Waals surface area (Å²) in [7, 11) is 3.13. The molecule has 1 N–H and O–H groups in total. The summed E-state index contributed by atoms with van der Waals surface area (Å²) in [5, 5.41) is 2.70. The average Bonchev–Trinajstić information content (AvgIpc) is 3.04. The summed E-state index contributed by atoms with van der Waals surface area (Å²) in [6, 6.07) is 16.4. The van der Waals surface area contributed by atoms with Crippen molar-refractivity contribution in [3.8, 4) is 5.69 Å². The average molecular weight is 379 g/mol. The Labute approximate surface area is 161 Å². The van der Waals surface area contributed by atoms with Crippen molar-refractivity contribution >= 4 is 0 Å². The van der Waals surface area contributed by atoms with Gasteiger partial charge in [0.25, 0.3) is 0 Å². The Hall–Kier alpha value is -3.16. The monoisotopic (exact) mass is 379 g/mol. The van der Waals surface area contributed by atoms with Crippen LogP contribution in [-0.4, -0.2) is 28.6 Å². The van der Waals surface area contributed by atoms with Crippen LogP contribution in [0.2, 0.25) is 0 Å². The number of H-pyrrole nitrogens is 1. The predicted molar refractivity (Wildman–Crippen MR) is 105 cm³/mol. The smallest absolute Gasteiger partial charge is 0.346 e. The first kappa shape index (κ1) is 18.2. The van der Waals surface area contributed by atoms with Crippen LogP contribution in [0, 0.1) is 0 Å². The minimum absolute atomic E-state index is 0.458. The zero-order valence-corrected chi connectivity index (χ0v) is 15.9. The summed E-state index contributed by atoms with van der Waals surface area (Å²) in [6.07, 6.45) is 3.58. The molecule has 2 aromatic carbocycles. The van der Waals surface area contributed by atoms with E-state index in [4.69, 9.17) is 9.47 Å². The van der Waals surface area contributed by atoms with Gasteiger partial charge in [-0.3, -0.25) is 0 Å². The van der Waals surface area contributed by atoms with Crippen molar-refractivity contribution in [3.05, 3.63) is 98.8 Å². The van der Waals surface area contributed by atoms with Crippen molar-refractivity contribution in [2.45, 2.75) is 18.2 Å². The van der Waals surface area contributed by atoms with E-state index >= 15 is 0 Å². The molecular formula is C21H21N3O4. The lowest BCUT2D eigenvalue weighted by Crippen LogP contribution is -2.45. The summed E-state index contributed by atoms with van der Waals surface area (Å²) in [4.78, 5) is 25.8. The summed E-state index contributed by atoms with van der Waals surface area (Å²) >= 11 is 0. The Morgan fingerprint density at radius 3 is 2.11 bits per heavy atom. The van der Waals surface area contributed by atoms with Gasteiger partial charge >= 0.3 is 11.4 Å². The molecule has 0 fully saturated rings. The van der Waals surface area contributed by atoms with Crippen LogP contribution in [0.15, 0.2) is 76.3 Å². The summed E-state index contributed by atoms with van der Waals surface area (Å²) in [5.41, 5.74) is 0.189. The fourth-order valence-corrected chi connectivity index (χ4v) is 3.81. The zero-order valence-electron chi connectivity index (χ0n) is 15.9. The van der Waals surface area contributed by atoms with Gasteiger partial charge in [-0.2, -0.15) is 0 Å². The third-order valence-corrected chi connectivity index (χ3v) is 5.35. The lowest BCUT2D eigenvalue weighted by Gasteiger charge is -2.40. The molecule has 0 aliphatic heterocycles. The van der Waals surface area contributed by atoms with Crippen LogP contribution in [0.3, 0.4) is 0 Å². The van der Waals surface area contributed by atoms with Crippen LogP contribution in [-0.2, 0) is 20.8 Å². The minimum atomic E-state index is -1.05. The molecule has 1 aromatic heterocycles. The largest absolute Gasteiger partial charge is 0.352 e. The maximum Gasteiger partial charge on any atom is 0.352 e. The van der Waals surface area contributed by atoms with Crippen LogP contribution in [0.25, 0.3) is 5.69 Å². The molecule has 0 bridgehead atoms. The van der Waals surface area contributed by atoms with Gasteiger partial charge in [0.15, 0.2) is 0 Å². The Balaban J connectivity index is 1.97. The lowest BCUT2D eigenvalue weighted by atomic mass is 9.80. The van der Waals surface area contributed by atoms with E-state index in [1.54, 1.807) is 44.6 Å². The molecule has 1 atom stereocenters. The molecular weight excluding hydrogens is 358 g/mol. The van der Waals surface area contributed by atoms with Gasteiger partial charge in [-0.1, -0.05) is 48.5 Å². The van der Waals surface area contributed by atoms with Gasteiger partial charge in [0.2, 0.25) is 5.79 Å². The Morgan fingerprint density at radius 2 is 1.46 bits per heavy atom. The summed E-state index contributed by atoms with van der Waals surface area (Å²) in [5.74, 6) is -1.05. The highest BCUT2D eigenvalue weighted by molar-refractivity contribution is 5.46. The Kier molecular flexibility index (Phi) is 4.21. The molecule has 144 valence electrons. The van der Waals surface area contributed by atoms with E-state index in [-0.39, 0.29) is 0 Å². The number of ether oxygens (including phenoxy) is 2. The molecule has 7 heteroatoms. The number of aromatic amines is 1. The van der Waals surface area contributed by atoms with Crippen LogP contribution < -0.4 is 11.4 Å². The van der Waals surface area contributed by atoms with Crippen molar-refractivity contribution in [1.29, 1.82) is 0 Å². The highest BCUT2D eigenvalue weighted by Gasteiger charge is 2.43. The third kappa shape index (κ3) is 2.44. The second-order valence-corrected chi connectivity index (χ2v) is 6.81. The second kappa shape index (κ2) is 6.47. The van der Waals surface area contributed by atoms with E-state index in [0.29, 0.717) is 5.69 Å². The quantitative estimate of drug-likeness (QED) is 0.556. The number of nitrogens with zero attached hydrogens (tertiary/aromatic N) is 2. The number of methoxy groups -OCH3 is 2. The molecule has 28 heavy (non-hydrogen) atoms. The van der Waals surface area contributed by atoms with Crippen molar-refractivity contribution < 1.29 is 9.47 Å². The van der Waals surface area contributed by atoms with Crippen LogP contribution in [0.5, 0.6) is 0 Å². The van der Waals surface area contributed by atoms with Crippen molar-refractivity contribution in [2.24, 2.45) is 0 Å². The van der Waals surface area contributed by atoms with E-state index in [2.05, 4.69) is 5.10 Å². The van der Waals surface area contributed by atoms with Gasteiger partial charge < -0.3 is 9.47 Å². The number of para-hydroxylation sites is 1. The molecule has 3 aromatic rings. The zero-order chi connectivity index (χ0) is 19.9. The molecule has 0 saturated carbocycles. The van der Waals surface area contributed by atoms with E-state index < -0.39 is 22.7 Å². The molecule has 0 saturated heterocycles. The van der Waals surface area contributed by atoms with Crippen molar-refractivity contribution in [3.63, 3.8) is 0 Å². The summed E-state index contributed by atoms with van der Waals surface area (Å²) in [6.45, 7) is 1.87. The molecule has 0 radical (unpaired) electrons. The number of benzene rings is 2. The molecule has 1 unspecified atom stereocenters. The fraction of sp³-hybridized carbons (Fsp3) is 0.238. The number of allylic oxidation sites excluding steroid dienone is 1. The predicted octanol–water partition coefficient (Wildman–Crippen LogP) is 2.11. The third-order valence-electron chi connectivity index (χ3n) is 5.35. The first-order chi connectivity index (χ1) is 13.5. The summed E-state index contributed by atoms with van der Waals surface area (Å²) < 4.78 is 13.7.